The number of hydrogen-bond acceptors (Lipinski definition) is 3. The lowest BCUT2D eigenvalue weighted by atomic mass is 10.0. The van der Waals surface area contributed by atoms with Gasteiger partial charge in [-0.1, -0.05) is 28.4 Å². The summed E-state index contributed by atoms with van der Waals surface area (Å²) in [7, 11) is 4.17. The molecule has 4 heteroatoms. The Morgan fingerprint density at radius 1 is 1.45 bits per heavy atom. The summed E-state index contributed by atoms with van der Waals surface area (Å²) in [6.07, 6.45) is 3.88. The Labute approximate surface area is 130 Å². The van der Waals surface area contributed by atoms with Crippen molar-refractivity contribution in [1.29, 1.82) is 0 Å². The molecule has 0 aromatic heterocycles. The van der Waals surface area contributed by atoms with Crippen LogP contribution in [0.5, 0.6) is 5.75 Å². The Morgan fingerprint density at radius 3 is 2.90 bits per heavy atom. The van der Waals surface area contributed by atoms with Crippen LogP contribution in [0.25, 0.3) is 0 Å². The number of benzene rings is 1. The molecule has 3 nitrogen and oxygen atoms in total. The first-order chi connectivity index (χ1) is 9.61. The average Bonchev–Trinajstić information content (AvgIpc) is 2.46. The third-order valence-electron chi connectivity index (χ3n) is 4.24. The Kier molecular flexibility index (Phi) is 5.87. The van der Waals surface area contributed by atoms with Gasteiger partial charge in [0.25, 0.3) is 0 Å². The molecule has 0 amide bonds. The standard InChI is InChI=1S/C16H25BrN2O/c1-12(18-2)15-8-7-14(10-16(15)17)20-11-13-6-4-5-9-19(13)3/h7-8,10,12-13,18H,4-6,9,11H2,1-3H3. The van der Waals surface area contributed by atoms with Crippen LogP contribution in [0, 0.1) is 0 Å². The van der Waals surface area contributed by atoms with Gasteiger partial charge in [0.1, 0.15) is 12.4 Å². The minimum atomic E-state index is 0.336. The first kappa shape index (κ1) is 15.8. The number of ether oxygens (including phenoxy) is 1. The van der Waals surface area contributed by atoms with Crippen molar-refractivity contribution in [3.05, 3.63) is 28.2 Å². The van der Waals surface area contributed by atoms with Crippen LogP contribution >= 0.6 is 15.9 Å². The summed E-state index contributed by atoms with van der Waals surface area (Å²) < 4.78 is 7.08. The summed E-state index contributed by atoms with van der Waals surface area (Å²) >= 11 is 3.64. The summed E-state index contributed by atoms with van der Waals surface area (Å²) in [6, 6.07) is 7.16. The predicted molar refractivity (Wildman–Crippen MR) is 87.4 cm³/mol. The highest BCUT2D eigenvalue weighted by Crippen LogP contribution is 2.28. The van der Waals surface area contributed by atoms with E-state index < -0.39 is 0 Å². The maximum atomic E-state index is 5.97. The Balaban J connectivity index is 1.94. The van der Waals surface area contributed by atoms with Crippen molar-refractivity contribution in [3.8, 4) is 5.75 Å². The molecular weight excluding hydrogens is 316 g/mol. The smallest absolute Gasteiger partial charge is 0.120 e. The van der Waals surface area contributed by atoms with Crippen molar-refractivity contribution in [3.63, 3.8) is 0 Å². The Bertz CT molecular complexity index is 438. The normalized spacial score (nSPS) is 21.7. The Morgan fingerprint density at radius 2 is 2.25 bits per heavy atom. The summed E-state index contributed by atoms with van der Waals surface area (Å²) in [5.41, 5.74) is 1.26. The van der Waals surface area contributed by atoms with Gasteiger partial charge < -0.3 is 15.0 Å². The van der Waals surface area contributed by atoms with Crippen LogP contribution in [0.15, 0.2) is 22.7 Å². The van der Waals surface area contributed by atoms with Gasteiger partial charge in [-0.05, 0) is 58.1 Å². The zero-order valence-corrected chi connectivity index (χ0v) is 14.2. The van der Waals surface area contributed by atoms with Gasteiger partial charge in [0.2, 0.25) is 0 Å². The number of likely N-dealkylation sites (tertiary alicyclic amines) is 1. The van der Waals surface area contributed by atoms with Crippen molar-refractivity contribution in [2.75, 3.05) is 27.2 Å². The van der Waals surface area contributed by atoms with Crippen molar-refractivity contribution in [1.82, 2.24) is 10.2 Å². The topological polar surface area (TPSA) is 24.5 Å². The monoisotopic (exact) mass is 340 g/mol. The second kappa shape index (κ2) is 7.43. The van der Waals surface area contributed by atoms with Gasteiger partial charge in [0, 0.05) is 16.6 Å². The number of nitrogens with one attached hydrogen (secondary N) is 1. The molecule has 1 aliphatic heterocycles. The SMILES string of the molecule is CNC(C)c1ccc(OCC2CCCCN2C)cc1Br. The molecule has 1 fully saturated rings. The quantitative estimate of drug-likeness (QED) is 0.886. The van der Waals surface area contributed by atoms with Crippen molar-refractivity contribution >= 4 is 15.9 Å². The fraction of sp³-hybridized carbons (Fsp3) is 0.625. The van der Waals surface area contributed by atoms with Crippen molar-refractivity contribution < 1.29 is 4.74 Å². The largest absolute Gasteiger partial charge is 0.492 e. The molecule has 1 aliphatic rings. The van der Waals surface area contributed by atoms with Gasteiger partial charge >= 0.3 is 0 Å². The van der Waals surface area contributed by atoms with E-state index >= 15 is 0 Å². The molecule has 1 N–H and O–H groups in total. The Hall–Kier alpha value is -0.580. The van der Waals surface area contributed by atoms with E-state index in [1.807, 2.05) is 7.05 Å². The fourth-order valence-electron chi connectivity index (χ4n) is 2.65. The lowest BCUT2D eigenvalue weighted by Gasteiger charge is -2.32. The highest BCUT2D eigenvalue weighted by molar-refractivity contribution is 9.10. The predicted octanol–water partition coefficient (Wildman–Crippen LogP) is 3.59. The lowest BCUT2D eigenvalue weighted by Crippen LogP contribution is -2.40. The van der Waals surface area contributed by atoms with Crippen LogP contribution in [0.2, 0.25) is 0 Å². The summed E-state index contributed by atoms with van der Waals surface area (Å²) in [5.74, 6) is 0.947. The second-order valence-electron chi connectivity index (χ2n) is 5.63. The molecule has 1 aromatic rings. The van der Waals surface area contributed by atoms with Gasteiger partial charge in [-0.3, -0.25) is 0 Å². The molecule has 112 valence electrons. The number of likely N-dealkylation sites (N-methyl/N-ethyl adjacent to an activating group) is 1. The first-order valence-electron chi connectivity index (χ1n) is 7.41. The number of piperidine rings is 1. The minimum Gasteiger partial charge on any atom is -0.492 e. The van der Waals surface area contributed by atoms with Crippen LogP contribution in [0.3, 0.4) is 0 Å². The van der Waals surface area contributed by atoms with E-state index in [9.17, 15) is 0 Å². The van der Waals surface area contributed by atoms with Crippen LogP contribution in [0.4, 0.5) is 0 Å². The molecule has 20 heavy (non-hydrogen) atoms. The van der Waals surface area contributed by atoms with Gasteiger partial charge in [0.15, 0.2) is 0 Å². The number of hydrogen-bond donors (Lipinski definition) is 1. The van der Waals surface area contributed by atoms with Gasteiger partial charge in [-0.25, -0.2) is 0 Å². The molecule has 0 spiro atoms. The van der Waals surface area contributed by atoms with Crippen molar-refractivity contribution in [2.45, 2.75) is 38.3 Å². The molecule has 1 aromatic carbocycles. The third kappa shape index (κ3) is 3.96. The third-order valence-corrected chi connectivity index (χ3v) is 4.92. The molecule has 2 unspecified atom stereocenters. The summed E-state index contributed by atoms with van der Waals surface area (Å²) in [6.45, 7) is 4.12. The molecule has 1 heterocycles. The van der Waals surface area contributed by atoms with Crippen LogP contribution in [-0.2, 0) is 0 Å². The molecule has 1 saturated heterocycles. The number of nitrogens with zero attached hydrogens (tertiary/aromatic N) is 1. The number of rotatable bonds is 5. The molecule has 2 rings (SSSR count). The van der Waals surface area contributed by atoms with Crippen molar-refractivity contribution in [2.24, 2.45) is 0 Å². The number of halogens is 1. The summed E-state index contributed by atoms with van der Waals surface area (Å²) in [5, 5.41) is 3.25. The molecule has 0 aliphatic carbocycles. The van der Waals surface area contributed by atoms with E-state index in [2.05, 4.69) is 58.3 Å². The van der Waals surface area contributed by atoms with Gasteiger partial charge in [-0.15, -0.1) is 0 Å². The fourth-order valence-corrected chi connectivity index (χ4v) is 3.35. The molecule has 0 saturated carbocycles. The van der Waals surface area contributed by atoms with E-state index in [0.29, 0.717) is 12.1 Å². The summed E-state index contributed by atoms with van der Waals surface area (Å²) in [4.78, 5) is 2.41. The maximum Gasteiger partial charge on any atom is 0.120 e. The van der Waals surface area contributed by atoms with E-state index in [1.54, 1.807) is 0 Å². The zero-order chi connectivity index (χ0) is 14.5. The van der Waals surface area contributed by atoms with E-state index in [4.69, 9.17) is 4.74 Å². The van der Waals surface area contributed by atoms with E-state index in [0.717, 1.165) is 16.8 Å². The first-order valence-corrected chi connectivity index (χ1v) is 8.21. The minimum absolute atomic E-state index is 0.336. The van der Waals surface area contributed by atoms with Crippen LogP contribution in [-0.4, -0.2) is 38.2 Å². The average molecular weight is 341 g/mol. The highest BCUT2D eigenvalue weighted by atomic mass is 79.9. The molecule has 0 radical (unpaired) electrons. The van der Waals surface area contributed by atoms with Crippen LogP contribution < -0.4 is 10.1 Å². The zero-order valence-electron chi connectivity index (χ0n) is 12.7. The lowest BCUT2D eigenvalue weighted by molar-refractivity contribution is 0.125. The van der Waals surface area contributed by atoms with E-state index in [-0.39, 0.29) is 0 Å². The van der Waals surface area contributed by atoms with Gasteiger partial charge in [-0.2, -0.15) is 0 Å². The molecule has 0 bridgehead atoms. The molecular formula is C16H25BrN2O. The second-order valence-corrected chi connectivity index (χ2v) is 6.49. The van der Waals surface area contributed by atoms with Crippen LogP contribution in [0.1, 0.15) is 37.8 Å². The van der Waals surface area contributed by atoms with Gasteiger partial charge in [0.05, 0.1) is 0 Å². The molecule has 2 atom stereocenters. The maximum absolute atomic E-state index is 5.97. The van der Waals surface area contributed by atoms with E-state index in [1.165, 1.54) is 31.4 Å². The highest BCUT2D eigenvalue weighted by Gasteiger charge is 2.19.